The highest BCUT2D eigenvalue weighted by Gasteiger charge is 2.24. The summed E-state index contributed by atoms with van der Waals surface area (Å²) in [5, 5.41) is 2.63. The molecule has 0 bridgehead atoms. The maximum absolute atomic E-state index is 6.44. The third-order valence-electron chi connectivity index (χ3n) is 4.76. The van der Waals surface area contributed by atoms with Crippen LogP contribution in [-0.2, 0) is 6.54 Å². The number of nitrogens with zero attached hydrogens (tertiary/aromatic N) is 2. The lowest BCUT2D eigenvalue weighted by Gasteiger charge is -2.11. The fourth-order valence-electron chi connectivity index (χ4n) is 3.56. The summed E-state index contributed by atoms with van der Waals surface area (Å²) >= 11 is 6.44. The molecule has 0 N–H and O–H groups in total. The van der Waals surface area contributed by atoms with Crippen LogP contribution in [0.5, 0.6) is 5.75 Å². The molecule has 3 heterocycles. The zero-order chi connectivity index (χ0) is 17.7. The van der Waals surface area contributed by atoms with Gasteiger partial charge in [-0.05, 0) is 30.3 Å². The minimum atomic E-state index is 0.489. The number of fused-ring (bicyclic) bond motifs is 4. The third kappa shape index (κ3) is 2.12. The van der Waals surface area contributed by atoms with E-state index in [9.17, 15) is 0 Å². The van der Waals surface area contributed by atoms with Gasteiger partial charge in [0.25, 0.3) is 0 Å². The average molecular weight is 363 g/mol. The standard InChI is InChI=1S/C21H15ClN2O2/c1-25-18-9-2-5-13-12-26-21(19(13)18)20-17-8-4-10-24(17)16-7-3-6-15(22)14(16)11-23-20/h2-10,12H,11H2,1H3. The fraction of sp³-hybridized carbons (Fsp3) is 0.0952. The molecule has 0 spiro atoms. The summed E-state index contributed by atoms with van der Waals surface area (Å²) in [6.45, 7) is 0.489. The van der Waals surface area contributed by atoms with Gasteiger partial charge in [0, 0.05) is 22.2 Å². The summed E-state index contributed by atoms with van der Waals surface area (Å²) in [6, 6.07) is 15.9. The van der Waals surface area contributed by atoms with Crippen molar-refractivity contribution in [1.29, 1.82) is 0 Å². The smallest absolute Gasteiger partial charge is 0.165 e. The monoisotopic (exact) mass is 362 g/mol. The number of ether oxygens (including phenoxy) is 1. The van der Waals surface area contributed by atoms with Crippen LogP contribution in [0, 0.1) is 0 Å². The number of methoxy groups -OCH3 is 1. The van der Waals surface area contributed by atoms with E-state index >= 15 is 0 Å². The SMILES string of the molecule is COc1cccc2coc(C3=NCc4c(Cl)cccc4-n4cccc43)c12. The van der Waals surface area contributed by atoms with E-state index in [1.54, 1.807) is 13.4 Å². The summed E-state index contributed by atoms with van der Waals surface area (Å²) in [4.78, 5) is 4.87. The van der Waals surface area contributed by atoms with Gasteiger partial charge in [0.05, 0.1) is 36.7 Å². The number of benzene rings is 2. The van der Waals surface area contributed by atoms with Gasteiger partial charge in [0.1, 0.15) is 11.5 Å². The van der Waals surface area contributed by atoms with Crippen LogP contribution >= 0.6 is 11.6 Å². The van der Waals surface area contributed by atoms with E-state index in [0.717, 1.165) is 39.2 Å². The van der Waals surface area contributed by atoms with Crippen molar-refractivity contribution in [2.24, 2.45) is 4.99 Å². The summed E-state index contributed by atoms with van der Waals surface area (Å²) in [7, 11) is 1.67. The van der Waals surface area contributed by atoms with E-state index < -0.39 is 0 Å². The molecule has 0 saturated carbocycles. The van der Waals surface area contributed by atoms with E-state index in [1.165, 1.54) is 0 Å². The maximum atomic E-state index is 6.44. The predicted molar refractivity (Wildman–Crippen MR) is 103 cm³/mol. The molecule has 0 radical (unpaired) electrons. The van der Waals surface area contributed by atoms with Crippen LogP contribution in [0.25, 0.3) is 16.5 Å². The fourth-order valence-corrected chi connectivity index (χ4v) is 3.78. The van der Waals surface area contributed by atoms with Gasteiger partial charge in [-0.3, -0.25) is 4.99 Å². The molecule has 5 rings (SSSR count). The highest BCUT2D eigenvalue weighted by molar-refractivity contribution is 6.31. The summed E-state index contributed by atoms with van der Waals surface area (Å²) < 4.78 is 13.6. The van der Waals surface area contributed by atoms with Gasteiger partial charge in [-0.15, -0.1) is 0 Å². The van der Waals surface area contributed by atoms with E-state index in [1.807, 2.05) is 48.7 Å². The van der Waals surface area contributed by atoms with Crippen LogP contribution in [-0.4, -0.2) is 17.4 Å². The number of hydrogen-bond donors (Lipinski definition) is 0. The molecule has 0 amide bonds. The van der Waals surface area contributed by atoms with Gasteiger partial charge in [-0.25, -0.2) is 0 Å². The lowest BCUT2D eigenvalue weighted by Crippen LogP contribution is -2.08. The first-order valence-corrected chi connectivity index (χ1v) is 8.70. The van der Waals surface area contributed by atoms with Crippen LogP contribution < -0.4 is 4.74 Å². The lowest BCUT2D eigenvalue weighted by molar-refractivity contribution is 0.419. The molecule has 0 saturated heterocycles. The second kappa shape index (κ2) is 5.78. The molecule has 0 aliphatic carbocycles. The van der Waals surface area contributed by atoms with Crippen molar-refractivity contribution in [3.63, 3.8) is 0 Å². The maximum Gasteiger partial charge on any atom is 0.165 e. The van der Waals surface area contributed by atoms with E-state index in [0.29, 0.717) is 17.3 Å². The molecule has 0 atom stereocenters. The van der Waals surface area contributed by atoms with Crippen LogP contribution in [0.4, 0.5) is 0 Å². The molecule has 5 heteroatoms. The minimum Gasteiger partial charge on any atom is -0.496 e. The molecule has 1 aliphatic rings. The Kier molecular flexibility index (Phi) is 3.40. The zero-order valence-corrected chi connectivity index (χ0v) is 14.8. The number of hydrogen-bond acceptors (Lipinski definition) is 3. The molecular formula is C21H15ClN2O2. The van der Waals surface area contributed by atoms with E-state index in [4.69, 9.17) is 25.7 Å². The number of aliphatic imine (C=N–C) groups is 1. The van der Waals surface area contributed by atoms with E-state index in [-0.39, 0.29) is 0 Å². The minimum absolute atomic E-state index is 0.489. The van der Waals surface area contributed by atoms with Gasteiger partial charge < -0.3 is 13.7 Å². The number of halogens is 1. The molecular weight excluding hydrogens is 348 g/mol. The summed E-state index contributed by atoms with van der Waals surface area (Å²) in [6.07, 6.45) is 3.77. The Hall–Kier alpha value is -2.98. The van der Waals surface area contributed by atoms with Crippen molar-refractivity contribution < 1.29 is 9.15 Å². The number of aromatic nitrogens is 1. The Bertz CT molecular complexity index is 1170. The van der Waals surface area contributed by atoms with Crippen molar-refractivity contribution in [3.05, 3.63) is 83.0 Å². The molecule has 0 unspecified atom stereocenters. The second-order valence-electron chi connectivity index (χ2n) is 6.16. The summed E-state index contributed by atoms with van der Waals surface area (Å²) in [5.41, 5.74) is 3.80. The second-order valence-corrected chi connectivity index (χ2v) is 6.56. The van der Waals surface area contributed by atoms with Gasteiger partial charge in [-0.2, -0.15) is 0 Å². The van der Waals surface area contributed by atoms with Gasteiger partial charge in [0.2, 0.25) is 0 Å². The van der Waals surface area contributed by atoms with E-state index in [2.05, 4.69) is 10.6 Å². The largest absolute Gasteiger partial charge is 0.496 e. The lowest BCUT2D eigenvalue weighted by atomic mass is 10.1. The molecule has 4 nitrogen and oxygen atoms in total. The number of rotatable bonds is 2. The molecule has 26 heavy (non-hydrogen) atoms. The Morgan fingerprint density at radius 1 is 1.12 bits per heavy atom. The molecule has 4 aromatic rings. The predicted octanol–water partition coefficient (Wildman–Crippen LogP) is 5.24. The Morgan fingerprint density at radius 2 is 2.00 bits per heavy atom. The molecule has 0 fully saturated rings. The Morgan fingerprint density at radius 3 is 2.88 bits per heavy atom. The first-order chi connectivity index (χ1) is 12.8. The van der Waals surface area contributed by atoms with Crippen molar-refractivity contribution in [1.82, 2.24) is 4.57 Å². The van der Waals surface area contributed by atoms with Gasteiger partial charge in [-0.1, -0.05) is 29.8 Å². The highest BCUT2D eigenvalue weighted by atomic mass is 35.5. The molecule has 2 aromatic heterocycles. The van der Waals surface area contributed by atoms with Gasteiger partial charge >= 0.3 is 0 Å². The Labute approximate surface area is 155 Å². The number of furan rings is 1. The molecule has 1 aliphatic heterocycles. The van der Waals surface area contributed by atoms with Crippen molar-refractivity contribution in [2.75, 3.05) is 7.11 Å². The quantitative estimate of drug-likeness (QED) is 0.489. The first kappa shape index (κ1) is 15.3. The molecule has 2 aromatic carbocycles. The van der Waals surface area contributed by atoms with Crippen LogP contribution in [0.2, 0.25) is 5.02 Å². The van der Waals surface area contributed by atoms with Crippen LogP contribution in [0.3, 0.4) is 0 Å². The van der Waals surface area contributed by atoms with Crippen LogP contribution in [0.1, 0.15) is 17.0 Å². The van der Waals surface area contributed by atoms with Crippen molar-refractivity contribution >= 4 is 28.1 Å². The Balaban J connectivity index is 1.79. The highest BCUT2D eigenvalue weighted by Crippen LogP contribution is 2.35. The normalized spacial score (nSPS) is 13.1. The van der Waals surface area contributed by atoms with Crippen molar-refractivity contribution in [2.45, 2.75) is 6.54 Å². The van der Waals surface area contributed by atoms with Crippen molar-refractivity contribution in [3.8, 4) is 11.4 Å². The first-order valence-electron chi connectivity index (χ1n) is 8.32. The average Bonchev–Trinajstić information content (AvgIpc) is 3.28. The molecule has 128 valence electrons. The van der Waals surface area contributed by atoms with Crippen LogP contribution in [0.15, 0.2) is 70.4 Å². The third-order valence-corrected chi connectivity index (χ3v) is 5.12. The zero-order valence-electron chi connectivity index (χ0n) is 14.1. The van der Waals surface area contributed by atoms with Gasteiger partial charge in [0.15, 0.2) is 5.76 Å². The summed E-state index contributed by atoms with van der Waals surface area (Å²) in [5.74, 6) is 1.48. The topological polar surface area (TPSA) is 39.7 Å².